The van der Waals surface area contributed by atoms with Crippen molar-refractivity contribution < 1.29 is 14.6 Å². The van der Waals surface area contributed by atoms with Gasteiger partial charge in [-0.25, -0.2) is 4.79 Å². The van der Waals surface area contributed by atoms with E-state index in [1.807, 2.05) is 0 Å². The summed E-state index contributed by atoms with van der Waals surface area (Å²) >= 11 is 0. The molecule has 0 aromatic heterocycles. The first-order valence-corrected chi connectivity index (χ1v) is 3.57. The molecule has 62 valence electrons. The van der Waals surface area contributed by atoms with Crippen LogP contribution in [0.1, 0.15) is 20.8 Å². The van der Waals surface area contributed by atoms with Crippen molar-refractivity contribution in [3.05, 3.63) is 11.6 Å². The van der Waals surface area contributed by atoms with E-state index in [-0.39, 0.29) is 6.10 Å². The molecule has 0 radical (unpaired) electrons. The Hall–Kier alpha value is -0.830. The van der Waals surface area contributed by atoms with E-state index in [4.69, 9.17) is 4.74 Å². The number of esters is 1. The lowest BCUT2D eigenvalue weighted by Gasteiger charge is -2.15. The van der Waals surface area contributed by atoms with Crippen LogP contribution < -0.4 is 0 Å². The van der Waals surface area contributed by atoms with Gasteiger partial charge in [0.2, 0.25) is 0 Å². The van der Waals surface area contributed by atoms with E-state index in [1.54, 1.807) is 26.8 Å². The van der Waals surface area contributed by atoms with Crippen LogP contribution in [0.25, 0.3) is 0 Å². The molecule has 1 aliphatic heterocycles. The quantitative estimate of drug-likeness (QED) is 0.566. The van der Waals surface area contributed by atoms with Gasteiger partial charge >= 0.3 is 5.97 Å². The van der Waals surface area contributed by atoms with Gasteiger partial charge in [-0.1, -0.05) is 0 Å². The lowest BCUT2D eigenvalue weighted by Crippen LogP contribution is -2.25. The molecule has 1 rings (SSSR count). The van der Waals surface area contributed by atoms with Gasteiger partial charge in [0, 0.05) is 0 Å². The molecule has 0 amide bonds. The Morgan fingerprint density at radius 1 is 1.64 bits per heavy atom. The molecule has 1 N–H and O–H groups in total. The normalized spacial score (nSPS) is 24.9. The van der Waals surface area contributed by atoms with Crippen LogP contribution in [0.15, 0.2) is 11.6 Å². The predicted molar refractivity (Wildman–Crippen MR) is 39.9 cm³/mol. The third-order valence-electron chi connectivity index (χ3n) is 1.57. The van der Waals surface area contributed by atoms with Crippen LogP contribution in [0, 0.1) is 0 Å². The topological polar surface area (TPSA) is 46.5 Å². The molecule has 0 aromatic carbocycles. The highest BCUT2D eigenvalue weighted by atomic mass is 16.5. The Bertz CT molecular complexity index is 210. The van der Waals surface area contributed by atoms with E-state index >= 15 is 0 Å². The minimum absolute atomic E-state index is 0.205. The van der Waals surface area contributed by atoms with Crippen molar-refractivity contribution >= 4 is 5.97 Å². The maximum Gasteiger partial charge on any atom is 0.337 e. The van der Waals surface area contributed by atoms with Crippen LogP contribution in [-0.4, -0.2) is 22.8 Å². The van der Waals surface area contributed by atoms with Gasteiger partial charge in [-0.05, 0) is 26.8 Å². The van der Waals surface area contributed by atoms with Crippen molar-refractivity contribution in [2.45, 2.75) is 32.5 Å². The zero-order chi connectivity index (χ0) is 8.65. The Morgan fingerprint density at radius 3 is 2.36 bits per heavy atom. The molecule has 0 aromatic rings. The number of cyclic esters (lactones) is 1. The van der Waals surface area contributed by atoms with E-state index in [0.717, 1.165) is 0 Å². The molecule has 0 fully saturated rings. The van der Waals surface area contributed by atoms with E-state index in [2.05, 4.69) is 0 Å². The first-order chi connectivity index (χ1) is 4.91. The molecule has 1 atom stereocenters. The summed E-state index contributed by atoms with van der Waals surface area (Å²) in [6.45, 7) is 4.90. The van der Waals surface area contributed by atoms with Crippen LogP contribution in [-0.2, 0) is 9.53 Å². The minimum atomic E-state index is -1.08. The molecule has 0 bridgehead atoms. The zero-order valence-corrected chi connectivity index (χ0v) is 6.92. The largest absolute Gasteiger partial charge is 0.455 e. The fraction of sp³-hybridized carbons (Fsp3) is 0.625. The number of carbonyl (C=O) groups is 1. The summed E-state index contributed by atoms with van der Waals surface area (Å²) in [5, 5.41) is 9.44. The Balaban J connectivity index is 2.88. The van der Waals surface area contributed by atoms with Crippen LogP contribution in [0.3, 0.4) is 0 Å². The molecular weight excluding hydrogens is 144 g/mol. The van der Waals surface area contributed by atoms with E-state index in [0.29, 0.717) is 5.57 Å². The second kappa shape index (κ2) is 2.34. The van der Waals surface area contributed by atoms with Crippen LogP contribution in [0.2, 0.25) is 0 Å². The summed E-state index contributed by atoms with van der Waals surface area (Å²) in [6.07, 6.45) is 1.44. The van der Waals surface area contributed by atoms with Gasteiger partial charge in [0.15, 0.2) is 0 Å². The highest BCUT2D eigenvalue weighted by molar-refractivity contribution is 5.92. The highest BCUT2D eigenvalue weighted by Gasteiger charge is 2.32. The van der Waals surface area contributed by atoms with Gasteiger partial charge in [-0.2, -0.15) is 0 Å². The molecule has 0 aliphatic carbocycles. The number of carbonyl (C=O) groups excluding carboxylic acids is 1. The Kier molecular flexibility index (Phi) is 1.76. The summed E-state index contributed by atoms with van der Waals surface area (Å²) in [6, 6.07) is 0. The summed E-state index contributed by atoms with van der Waals surface area (Å²) < 4.78 is 4.81. The Labute approximate surface area is 65.7 Å². The lowest BCUT2D eigenvalue weighted by molar-refractivity contribution is -0.140. The third-order valence-corrected chi connectivity index (χ3v) is 1.57. The highest BCUT2D eigenvalue weighted by Crippen LogP contribution is 2.23. The first-order valence-electron chi connectivity index (χ1n) is 3.57. The van der Waals surface area contributed by atoms with Crippen molar-refractivity contribution in [3.63, 3.8) is 0 Å². The smallest absolute Gasteiger partial charge is 0.337 e. The van der Waals surface area contributed by atoms with Gasteiger partial charge in [0.05, 0.1) is 11.2 Å². The fourth-order valence-electron chi connectivity index (χ4n) is 1.02. The van der Waals surface area contributed by atoms with Crippen molar-refractivity contribution in [3.8, 4) is 0 Å². The van der Waals surface area contributed by atoms with Gasteiger partial charge in [0.1, 0.15) is 6.10 Å². The number of hydrogen-bond donors (Lipinski definition) is 1. The van der Waals surface area contributed by atoms with Gasteiger partial charge in [-0.3, -0.25) is 0 Å². The van der Waals surface area contributed by atoms with E-state index < -0.39 is 11.6 Å². The van der Waals surface area contributed by atoms with Crippen molar-refractivity contribution in [1.29, 1.82) is 0 Å². The molecule has 1 heterocycles. The predicted octanol–water partition coefficient (Wildman–Crippen LogP) is 0.629. The molecule has 11 heavy (non-hydrogen) atoms. The van der Waals surface area contributed by atoms with Crippen LogP contribution >= 0.6 is 0 Å². The molecule has 0 saturated carbocycles. The molecule has 0 spiro atoms. The summed E-state index contributed by atoms with van der Waals surface area (Å²) in [7, 11) is 0. The van der Waals surface area contributed by atoms with Crippen LogP contribution in [0.4, 0.5) is 0 Å². The number of ether oxygens (including phenoxy) is 1. The molecule has 0 saturated heterocycles. The van der Waals surface area contributed by atoms with Crippen LogP contribution in [0.5, 0.6) is 0 Å². The number of rotatable bonds is 1. The fourth-order valence-corrected chi connectivity index (χ4v) is 1.02. The molecule has 0 unspecified atom stereocenters. The summed E-state index contributed by atoms with van der Waals surface area (Å²) in [5.41, 5.74) is -0.730. The van der Waals surface area contributed by atoms with Crippen molar-refractivity contribution in [2.75, 3.05) is 0 Å². The first kappa shape index (κ1) is 8.27. The van der Waals surface area contributed by atoms with Gasteiger partial charge < -0.3 is 9.84 Å². The second-order valence-corrected chi connectivity index (χ2v) is 3.25. The lowest BCUT2D eigenvalue weighted by atomic mass is 9.98. The molecule has 3 heteroatoms. The molecule has 1 aliphatic rings. The third kappa shape index (κ3) is 1.60. The van der Waals surface area contributed by atoms with E-state index in [1.165, 1.54) is 0 Å². The zero-order valence-electron chi connectivity index (χ0n) is 6.92. The second-order valence-electron chi connectivity index (χ2n) is 3.25. The summed E-state index contributed by atoms with van der Waals surface area (Å²) in [5.74, 6) is -0.412. The standard InChI is InChI=1S/C8H12O3/c1-5-4-6(7(9)11-5)8(2,3)10/h4-5,10H,1-3H3/t5-/m0/s1. The number of hydrogen-bond acceptors (Lipinski definition) is 3. The monoisotopic (exact) mass is 156 g/mol. The average molecular weight is 156 g/mol. The SMILES string of the molecule is C[C@H]1C=C(C(C)(C)O)C(=O)O1. The van der Waals surface area contributed by atoms with Crippen molar-refractivity contribution in [2.24, 2.45) is 0 Å². The van der Waals surface area contributed by atoms with Gasteiger partial charge in [-0.15, -0.1) is 0 Å². The van der Waals surface area contributed by atoms with Gasteiger partial charge in [0.25, 0.3) is 0 Å². The maximum atomic E-state index is 11.0. The van der Waals surface area contributed by atoms with E-state index in [9.17, 15) is 9.90 Å². The minimum Gasteiger partial charge on any atom is -0.455 e. The van der Waals surface area contributed by atoms with Crippen molar-refractivity contribution in [1.82, 2.24) is 0 Å². The molecule has 3 nitrogen and oxygen atoms in total. The molecular formula is C8H12O3. The summed E-state index contributed by atoms with van der Waals surface area (Å²) in [4.78, 5) is 11.0. The Morgan fingerprint density at radius 2 is 2.18 bits per heavy atom. The number of aliphatic hydroxyl groups is 1. The maximum absolute atomic E-state index is 11.0. The average Bonchev–Trinajstić information content (AvgIpc) is 2.08.